The maximum atomic E-state index is 9.00. The standard InChI is InChI=1S/C19H28N6O2/c1-13(2)25-12-22-16-17(21-11-14-5-7-15(27-3)8-6-14)23-19(24-18(16)25)20-9-4-10-26/h5-8,13,22,26H,4,9-12H2,1-3H3,(H2,20,21,23,24). The number of fused-ring (bicyclic) bond motifs is 1. The van der Waals surface area contributed by atoms with Gasteiger partial charge in [-0.15, -0.1) is 0 Å². The molecule has 0 bridgehead atoms. The first kappa shape index (κ1) is 19.0. The van der Waals surface area contributed by atoms with Crippen molar-refractivity contribution >= 4 is 23.3 Å². The van der Waals surface area contributed by atoms with E-state index in [0.717, 1.165) is 28.6 Å². The highest BCUT2D eigenvalue weighted by Gasteiger charge is 2.27. The first-order valence-electron chi connectivity index (χ1n) is 9.26. The van der Waals surface area contributed by atoms with E-state index in [9.17, 15) is 0 Å². The van der Waals surface area contributed by atoms with Crippen molar-refractivity contribution in [2.24, 2.45) is 0 Å². The van der Waals surface area contributed by atoms with Gasteiger partial charge in [0.05, 0.1) is 13.8 Å². The summed E-state index contributed by atoms with van der Waals surface area (Å²) >= 11 is 0. The van der Waals surface area contributed by atoms with Crippen LogP contribution in [0.2, 0.25) is 0 Å². The first-order chi connectivity index (χ1) is 13.1. The van der Waals surface area contributed by atoms with Crippen LogP contribution in [0.15, 0.2) is 24.3 Å². The Labute approximate surface area is 160 Å². The molecule has 1 aromatic heterocycles. The van der Waals surface area contributed by atoms with E-state index in [1.807, 2.05) is 24.3 Å². The molecule has 1 aliphatic heterocycles. The van der Waals surface area contributed by atoms with Crippen LogP contribution in [-0.2, 0) is 6.54 Å². The third-order valence-corrected chi connectivity index (χ3v) is 4.45. The number of benzene rings is 1. The molecule has 1 aliphatic rings. The smallest absolute Gasteiger partial charge is 0.226 e. The zero-order chi connectivity index (χ0) is 19.2. The van der Waals surface area contributed by atoms with Gasteiger partial charge in [-0.1, -0.05) is 12.1 Å². The van der Waals surface area contributed by atoms with Crippen LogP contribution in [0.1, 0.15) is 25.8 Å². The van der Waals surface area contributed by atoms with Crippen molar-refractivity contribution in [1.82, 2.24) is 9.97 Å². The molecule has 8 heteroatoms. The molecule has 2 aromatic rings. The predicted molar refractivity (Wildman–Crippen MR) is 109 cm³/mol. The molecule has 0 aliphatic carbocycles. The summed E-state index contributed by atoms with van der Waals surface area (Å²) in [5.74, 6) is 3.06. The van der Waals surface area contributed by atoms with E-state index in [2.05, 4.69) is 44.7 Å². The average Bonchev–Trinajstić information content (AvgIpc) is 3.11. The maximum absolute atomic E-state index is 9.00. The Morgan fingerprint density at radius 3 is 2.67 bits per heavy atom. The van der Waals surface area contributed by atoms with Crippen LogP contribution in [0.4, 0.5) is 23.3 Å². The zero-order valence-electron chi connectivity index (χ0n) is 16.1. The predicted octanol–water partition coefficient (Wildman–Crippen LogP) is 2.49. The lowest BCUT2D eigenvalue weighted by molar-refractivity contribution is 0.292. The molecule has 0 fully saturated rings. The summed E-state index contributed by atoms with van der Waals surface area (Å²) in [6.45, 7) is 6.40. The van der Waals surface area contributed by atoms with Gasteiger partial charge in [-0.25, -0.2) is 0 Å². The summed E-state index contributed by atoms with van der Waals surface area (Å²) in [5.41, 5.74) is 2.06. The van der Waals surface area contributed by atoms with Crippen molar-refractivity contribution in [3.05, 3.63) is 29.8 Å². The van der Waals surface area contributed by atoms with Crippen LogP contribution in [0.3, 0.4) is 0 Å². The summed E-state index contributed by atoms with van der Waals surface area (Å²) < 4.78 is 5.21. The molecule has 27 heavy (non-hydrogen) atoms. The van der Waals surface area contributed by atoms with Crippen molar-refractivity contribution in [2.75, 3.05) is 47.8 Å². The third kappa shape index (κ3) is 4.51. The number of aliphatic hydroxyl groups is 1. The van der Waals surface area contributed by atoms with Crippen molar-refractivity contribution in [2.45, 2.75) is 32.9 Å². The van der Waals surface area contributed by atoms with Gasteiger partial charge in [-0.05, 0) is 38.0 Å². The Hall–Kier alpha value is -2.74. The molecule has 0 spiro atoms. The number of anilines is 4. The number of hydrogen-bond acceptors (Lipinski definition) is 8. The summed E-state index contributed by atoms with van der Waals surface area (Å²) in [4.78, 5) is 11.5. The summed E-state index contributed by atoms with van der Waals surface area (Å²) in [7, 11) is 1.66. The van der Waals surface area contributed by atoms with Crippen LogP contribution in [0.25, 0.3) is 0 Å². The molecule has 146 valence electrons. The summed E-state index contributed by atoms with van der Waals surface area (Å²) in [6.07, 6.45) is 0.654. The molecule has 0 radical (unpaired) electrons. The van der Waals surface area contributed by atoms with E-state index in [0.29, 0.717) is 38.2 Å². The zero-order valence-corrected chi connectivity index (χ0v) is 16.1. The van der Waals surface area contributed by atoms with Gasteiger partial charge in [-0.3, -0.25) is 0 Å². The Kier molecular flexibility index (Phi) is 6.18. The minimum absolute atomic E-state index is 0.139. The Bertz CT molecular complexity index is 751. The minimum Gasteiger partial charge on any atom is -0.497 e. The van der Waals surface area contributed by atoms with E-state index in [-0.39, 0.29) is 6.61 Å². The quantitative estimate of drug-likeness (QED) is 0.499. The van der Waals surface area contributed by atoms with Gasteiger partial charge in [-0.2, -0.15) is 9.97 Å². The molecule has 0 amide bonds. The molecule has 4 N–H and O–H groups in total. The average molecular weight is 372 g/mol. The van der Waals surface area contributed by atoms with Gasteiger partial charge in [0.25, 0.3) is 0 Å². The van der Waals surface area contributed by atoms with Gasteiger partial charge in [0.1, 0.15) is 11.4 Å². The summed E-state index contributed by atoms with van der Waals surface area (Å²) in [5, 5.41) is 19.0. The monoisotopic (exact) mass is 372 g/mol. The van der Waals surface area contributed by atoms with E-state index in [1.54, 1.807) is 7.11 Å². The molecule has 0 saturated carbocycles. The summed E-state index contributed by atoms with van der Waals surface area (Å²) in [6, 6.07) is 8.28. The van der Waals surface area contributed by atoms with Crippen LogP contribution in [0, 0.1) is 0 Å². The molecule has 0 atom stereocenters. The molecule has 3 rings (SSSR count). The number of nitrogens with one attached hydrogen (secondary N) is 3. The Morgan fingerprint density at radius 1 is 1.22 bits per heavy atom. The second kappa shape index (κ2) is 8.77. The Morgan fingerprint density at radius 2 is 2.00 bits per heavy atom. The van der Waals surface area contributed by atoms with E-state index in [4.69, 9.17) is 9.84 Å². The first-order valence-corrected chi connectivity index (χ1v) is 9.26. The third-order valence-electron chi connectivity index (χ3n) is 4.45. The molecule has 0 unspecified atom stereocenters. The van der Waals surface area contributed by atoms with Crippen molar-refractivity contribution in [3.63, 3.8) is 0 Å². The fourth-order valence-electron chi connectivity index (χ4n) is 2.90. The van der Waals surface area contributed by atoms with Crippen molar-refractivity contribution in [1.29, 1.82) is 0 Å². The molecule has 0 saturated heterocycles. The van der Waals surface area contributed by atoms with Crippen molar-refractivity contribution in [3.8, 4) is 5.75 Å². The van der Waals surface area contributed by atoms with E-state index < -0.39 is 0 Å². The lowest BCUT2D eigenvalue weighted by Gasteiger charge is -2.22. The van der Waals surface area contributed by atoms with Crippen LogP contribution < -0.4 is 25.6 Å². The van der Waals surface area contributed by atoms with Gasteiger partial charge in [0.2, 0.25) is 5.95 Å². The van der Waals surface area contributed by atoms with Gasteiger partial charge in [0.15, 0.2) is 11.6 Å². The fourth-order valence-corrected chi connectivity index (χ4v) is 2.90. The van der Waals surface area contributed by atoms with Gasteiger partial charge in [0, 0.05) is 25.7 Å². The van der Waals surface area contributed by atoms with E-state index in [1.165, 1.54) is 0 Å². The van der Waals surface area contributed by atoms with Crippen LogP contribution in [0.5, 0.6) is 5.75 Å². The van der Waals surface area contributed by atoms with Crippen LogP contribution >= 0.6 is 0 Å². The largest absolute Gasteiger partial charge is 0.497 e. The maximum Gasteiger partial charge on any atom is 0.226 e. The lowest BCUT2D eigenvalue weighted by atomic mass is 10.2. The van der Waals surface area contributed by atoms with Gasteiger partial charge >= 0.3 is 0 Å². The number of aliphatic hydroxyl groups excluding tert-OH is 1. The number of hydrogen-bond donors (Lipinski definition) is 4. The highest BCUT2D eigenvalue weighted by atomic mass is 16.5. The van der Waals surface area contributed by atoms with Gasteiger partial charge < -0.3 is 30.7 Å². The number of nitrogens with zero attached hydrogens (tertiary/aromatic N) is 3. The molecule has 1 aromatic carbocycles. The number of aromatic nitrogens is 2. The molecular formula is C19H28N6O2. The topological polar surface area (TPSA) is 94.6 Å². The number of ether oxygens (including phenoxy) is 1. The molecular weight excluding hydrogens is 344 g/mol. The van der Waals surface area contributed by atoms with E-state index >= 15 is 0 Å². The lowest BCUT2D eigenvalue weighted by Crippen LogP contribution is -2.30. The normalized spacial score (nSPS) is 12.7. The molecule has 2 heterocycles. The Balaban J connectivity index is 1.80. The highest BCUT2D eigenvalue weighted by Crippen LogP contribution is 2.37. The van der Waals surface area contributed by atoms with Crippen molar-refractivity contribution < 1.29 is 9.84 Å². The molecule has 8 nitrogen and oxygen atoms in total. The van der Waals surface area contributed by atoms with Crippen LogP contribution in [-0.4, -0.2) is 48.0 Å². The second-order valence-electron chi connectivity index (χ2n) is 6.70. The highest BCUT2D eigenvalue weighted by molar-refractivity contribution is 5.83. The fraction of sp³-hybridized carbons (Fsp3) is 0.474. The number of rotatable bonds is 9. The second-order valence-corrected chi connectivity index (χ2v) is 6.70. The number of methoxy groups -OCH3 is 1. The SMILES string of the molecule is COc1ccc(CNc2nc(NCCCO)nc3c2NCN3C(C)C)cc1. The minimum atomic E-state index is 0.139.